The summed E-state index contributed by atoms with van der Waals surface area (Å²) in [5, 5.41) is 13.8. The lowest BCUT2D eigenvalue weighted by atomic mass is 10.6. The molecule has 0 radical (unpaired) electrons. The molecule has 0 saturated heterocycles. The SMILES string of the molecule is Cn1ncc(Cl)c1[N+](=O)[O-]. The van der Waals surface area contributed by atoms with Gasteiger partial charge in [-0.3, -0.25) is 0 Å². The first-order chi connectivity index (χ1) is 4.63. The molecule has 5 nitrogen and oxygen atoms in total. The Morgan fingerprint density at radius 1 is 1.90 bits per heavy atom. The molecular weight excluding hydrogens is 158 g/mol. The van der Waals surface area contributed by atoms with Crippen LogP contribution >= 0.6 is 11.6 Å². The number of aromatic nitrogens is 2. The van der Waals surface area contributed by atoms with Gasteiger partial charge in [0.25, 0.3) is 0 Å². The smallest absolute Gasteiger partial charge is 0.358 e. The fourth-order valence-electron chi connectivity index (χ4n) is 0.610. The molecule has 1 rings (SSSR count). The van der Waals surface area contributed by atoms with Gasteiger partial charge in [-0.2, -0.15) is 0 Å². The average Bonchev–Trinajstić information content (AvgIpc) is 2.11. The Morgan fingerprint density at radius 3 is 2.70 bits per heavy atom. The van der Waals surface area contributed by atoms with Crippen LogP contribution in [-0.2, 0) is 7.05 Å². The Balaban J connectivity index is 3.23. The van der Waals surface area contributed by atoms with Gasteiger partial charge in [-0.15, -0.1) is 4.68 Å². The van der Waals surface area contributed by atoms with E-state index in [0.717, 1.165) is 4.68 Å². The Kier molecular flexibility index (Phi) is 1.58. The summed E-state index contributed by atoms with van der Waals surface area (Å²) < 4.78 is 1.11. The molecule has 0 aliphatic heterocycles. The highest BCUT2D eigenvalue weighted by molar-refractivity contribution is 6.32. The van der Waals surface area contributed by atoms with Crippen LogP contribution in [0.15, 0.2) is 6.20 Å². The van der Waals surface area contributed by atoms with E-state index in [1.807, 2.05) is 0 Å². The minimum atomic E-state index is -0.574. The van der Waals surface area contributed by atoms with Crippen molar-refractivity contribution < 1.29 is 4.92 Å². The van der Waals surface area contributed by atoms with Crippen LogP contribution in [0.25, 0.3) is 0 Å². The molecule has 10 heavy (non-hydrogen) atoms. The maximum atomic E-state index is 10.2. The minimum absolute atomic E-state index is 0.0625. The molecule has 1 aromatic rings. The van der Waals surface area contributed by atoms with Crippen LogP contribution in [0.3, 0.4) is 0 Å². The third-order valence-corrected chi connectivity index (χ3v) is 1.30. The molecule has 0 unspecified atom stereocenters. The van der Waals surface area contributed by atoms with Crippen molar-refractivity contribution in [2.24, 2.45) is 7.05 Å². The van der Waals surface area contributed by atoms with Gasteiger partial charge in [-0.05, 0) is 4.92 Å². The summed E-state index contributed by atoms with van der Waals surface area (Å²) in [5.41, 5.74) is 0. The predicted molar refractivity (Wildman–Crippen MR) is 34.9 cm³/mol. The van der Waals surface area contributed by atoms with Crippen LogP contribution in [0.5, 0.6) is 0 Å². The van der Waals surface area contributed by atoms with E-state index in [2.05, 4.69) is 5.10 Å². The molecule has 0 fully saturated rings. The number of hydrogen-bond donors (Lipinski definition) is 0. The van der Waals surface area contributed by atoms with E-state index in [9.17, 15) is 10.1 Å². The molecule has 0 amide bonds. The molecule has 0 bridgehead atoms. The van der Waals surface area contributed by atoms with E-state index >= 15 is 0 Å². The van der Waals surface area contributed by atoms with Crippen LogP contribution < -0.4 is 0 Å². The summed E-state index contributed by atoms with van der Waals surface area (Å²) in [6, 6.07) is 0. The fourth-order valence-corrected chi connectivity index (χ4v) is 0.845. The highest BCUT2D eigenvalue weighted by atomic mass is 35.5. The lowest BCUT2D eigenvalue weighted by molar-refractivity contribution is -0.392. The third kappa shape index (κ3) is 0.950. The molecule has 0 spiro atoms. The van der Waals surface area contributed by atoms with E-state index in [0.29, 0.717) is 0 Å². The van der Waals surface area contributed by atoms with Gasteiger partial charge >= 0.3 is 5.82 Å². The fraction of sp³-hybridized carbons (Fsp3) is 0.250. The van der Waals surface area contributed by atoms with Crippen molar-refractivity contribution in [1.82, 2.24) is 9.78 Å². The lowest BCUT2D eigenvalue weighted by Gasteiger charge is -1.91. The normalized spacial score (nSPS) is 9.80. The number of nitro groups is 1. The van der Waals surface area contributed by atoms with Crippen molar-refractivity contribution in [1.29, 1.82) is 0 Å². The summed E-state index contributed by atoms with van der Waals surface area (Å²) in [5.74, 6) is -0.179. The first-order valence-electron chi connectivity index (χ1n) is 2.45. The molecule has 0 atom stereocenters. The van der Waals surface area contributed by atoms with Crippen LogP contribution in [-0.4, -0.2) is 14.7 Å². The Bertz CT molecular complexity index is 250. The zero-order valence-corrected chi connectivity index (χ0v) is 5.87. The van der Waals surface area contributed by atoms with E-state index in [1.165, 1.54) is 13.2 Å². The Hall–Kier alpha value is -1.10. The summed E-state index contributed by atoms with van der Waals surface area (Å²) >= 11 is 5.42. The van der Waals surface area contributed by atoms with E-state index in [4.69, 9.17) is 11.6 Å². The lowest BCUT2D eigenvalue weighted by Crippen LogP contribution is -1.98. The van der Waals surface area contributed by atoms with Gasteiger partial charge in [-0.1, -0.05) is 16.7 Å². The monoisotopic (exact) mass is 161 g/mol. The predicted octanol–water partition coefficient (Wildman–Crippen LogP) is 0.982. The van der Waals surface area contributed by atoms with Crippen molar-refractivity contribution in [3.05, 3.63) is 21.3 Å². The highest BCUT2D eigenvalue weighted by Crippen LogP contribution is 2.21. The second-order valence-electron chi connectivity index (χ2n) is 1.70. The van der Waals surface area contributed by atoms with Gasteiger partial charge in [0, 0.05) is 0 Å². The number of nitrogens with zero attached hydrogens (tertiary/aromatic N) is 3. The maximum Gasteiger partial charge on any atom is 0.363 e. The molecule has 1 heterocycles. The molecule has 0 aromatic carbocycles. The number of rotatable bonds is 1. The van der Waals surface area contributed by atoms with Gasteiger partial charge in [0.1, 0.15) is 7.05 Å². The first-order valence-corrected chi connectivity index (χ1v) is 2.82. The molecular formula is C4H4ClN3O2. The van der Waals surface area contributed by atoms with Crippen molar-refractivity contribution in [2.45, 2.75) is 0 Å². The van der Waals surface area contributed by atoms with Crippen LogP contribution in [0.2, 0.25) is 5.02 Å². The molecule has 0 aliphatic rings. The minimum Gasteiger partial charge on any atom is -0.358 e. The second kappa shape index (κ2) is 2.26. The Morgan fingerprint density at radius 2 is 2.50 bits per heavy atom. The molecule has 6 heteroatoms. The third-order valence-electron chi connectivity index (χ3n) is 1.04. The zero-order chi connectivity index (χ0) is 7.72. The van der Waals surface area contributed by atoms with Crippen molar-refractivity contribution in [2.75, 3.05) is 0 Å². The topological polar surface area (TPSA) is 61.0 Å². The van der Waals surface area contributed by atoms with E-state index < -0.39 is 4.92 Å². The van der Waals surface area contributed by atoms with Crippen LogP contribution in [0.1, 0.15) is 0 Å². The van der Waals surface area contributed by atoms with E-state index in [-0.39, 0.29) is 10.8 Å². The summed E-state index contributed by atoms with van der Waals surface area (Å²) in [6.45, 7) is 0. The van der Waals surface area contributed by atoms with Gasteiger partial charge in [0.05, 0.1) is 6.20 Å². The van der Waals surface area contributed by atoms with Crippen LogP contribution in [0, 0.1) is 10.1 Å². The van der Waals surface area contributed by atoms with Gasteiger partial charge < -0.3 is 10.1 Å². The quantitative estimate of drug-likeness (QED) is 0.456. The standard InChI is InChI=1S/C4H4ClN3O2/c1-7-4(8(9)10)3(5)2-6-7/h2H,1H3. The van der Waals surface area contributed by atoms with Crippen molar-refractivity contribution in [3.63, 3.8) is 0 Å². The summed E-state index contributed by atoms with van der Waals surface area (Å²) in [4.78, 5) is 9.59. The zero-order valence-electron chi connectivity index (χ0n) is 5.11. The highest BCUT2D eigenvalue weighted by Gasteiger charge is 2.16. The second-order valence-corrected chi connectivity index (χ2v) is 2.10. The van der Waals surface area contributed by atoms with Crippen molar-refractivity contribution >= 4 is 17.4 Å². The van der Waals surface area contributed by atoms with Gasteiger partial charge in [-0.25, -0.2) is 0 Å². The molecule has 54 valence electrons. The van der Waals surface area contributed by atoms with Crippen molar-refractivity contribution in [3.8, 4) is 0 Å². The Labute approximate surface area is 61.4 Å². The number of aryl methyl sites for hydroxylation is 1. The van der Waals surface area contributed by atoms with Crippen LogP contribution in [0.4, 0.5) is 5.82 Å². The number of hydrogen-bond acceptors (Lipinski definition) is 3. The molecule has 0 saturated carbocycles. The first kappa shape index (κ1) is 7.01. The summed E-state index contributed by atoms with van der Waals surface area (Å²) in [7, 11) is 1.46. The maximum absolute atomic E-state index is 10.2. The largest absolute Gasteiger partial charge is 0.363 e. The van der Waals surface area contributed by atoms with Gasteiger partial charge in [0.2, 0.25) is 0 Å². The molecule has 1 aromatic heterocycles. The average molecular weight is 162 g/mol. The summed E-state index contributed by atoms with van der Waals surface area (Å²) in [6.07, 6.45) is 1.24. The molecule has 0 N–H and O–H groups in total. The van der Waals surface area contributed by atoms with Gasteiger partial charge in [0.15, 0.2) is 5.02 Å². The molecule has 0 aliphatic carbocycles. The van der Waals surface area contributed by atoms with E-state index in [1.54, 1.807) is 0 Å². The number of halogens is 1.